The molecule has 15 heavy (non-hydrogen) atoms. The summed E-state index contributed by atoms with van der Waals surface area (Å²) in [5.41, 5.74) is 0. The Morgan fingerprint density at radius 1 is 0.800 bits per heavy atom. The van der Waals surface area contributed by atoms with Crippen molar-refractivity contribution in [2.75, 3.05) is 14.2 Å². The zero-order valence-corrected chi connectivity index (χ0v) is 16.9. The first kappa shape index (κ1) is 31.1. The van der Waals surface area contributed by atoms with Crippen LogP contribution in [0.15, 0.2) is 0 Å². The molecule has 0 aliphatic carbocycles. The summed E-state index contributed by atoms with van der Waals surface area (Å²) in [6.07, 6.45) is 0. The molecule has 0 aliphatic rings. The molecule has 0 rings (SSSR count). The van der Waals surface area contributed by atoms with Crippen LogP contribution in [-0.2, 0) is 18.2 Å². The van der Waals surface area contributed by atoms with Crippen molar-refractivity contribution < 1.29 is 96.9 Å². The van der Waals surface area contributed by atoms with Crippen LogP contribution in [0.4, 0.5) is 0 Å². The maximum absolute atomic E-state index is 9.25. The summed E-state index contributed by atoms with van der Waals surface area (Å²) in [7, 11) is -7.65. The minimum Gasteiger partial charge on any atom is -0.790 e. The van der Waals surface area contributed by atoms with E-state index in [1.807, 2.05) is 0 Å². The molecular weight excluding hydrogens is 300 g/mol. The van der Waals surface area contributed by atoms with Crippen LogP contribution in [0.25, 0.3) is 0 Å². The summed E-state index contributed by atoms with van der Waals surface area (Å²) in [5.74, 6) is 0. The summed E-state index contributed by atoms with van der Waals surface area (Å²) in [5, 5.41) is 0. The molecule has 0 unspecified atom stereocenters. The number of hydrogen-bond donors (Lipinski definition) is 0. The van der Waals surface area contributed by atoms with Crippen molar-refractivity contribution in [3.63, 3.8) is 0 Å². The first-order chi connectivity index (χ1) is 5.12. The van der Waals surface area contributed by atoms with Gasteiger partial charge in [0.1, 0.15) is 0 Å². The van der Waals surface area contributed by atoms with Crippen LogP contribution < -0.4 is 78.7 Å². The number of rotatable bonds is 2. The Kier molecular flexibility index (Phi) is 32.2. The smallest absolute Gasteiger partial charge is 0.790 e. The first-order valence-corrected chi connectivity index (χ1v) is 5.20. The molecule has 0 heterocycles. The maximum Gasteiger partial charge on any atom is 2.00 e. The van der Waals surface area contributed by atoms with Crippen LogP contribution in [0.2, 0.25) is 0 Å². The van der Waals surface area contributed by atoms with Crippen molar-refractivity contribution in [3.05, 3.63) is 0 Å². The molecule has 76 valence electrons. The van der Waals surface area contributed by atoms with E-state index in [0.29, 0.717) is 0 Å². The Hall–Kier alpha value is 3.48. The molecule has 0 bridgehead atoms. The predicted octanol–water partition coefficient (Wildman–Crippen LogP) is -9.45. The average molecular weight is 306 g/mol. The van der Waals surface area contributed by atoms with Crippen LogP contribution in [0.3, 0.4) is 0 Å². The zero-order valence-electron chi connectivity index (χ0n) is 8.87. The van der Waals surface area contributed by atoms with E-state index in [0.717, 1.165) is 14.2 Å². The van der Waals surface area contributed by atoms with E-state index >= 15 is 0 Å². The second-order valence-corrected chi connectivity index (χ2v) is 3.78. The fourth-order valence-electron chi connectivity index (χ4n) is 0. The Bertz CT molecular complexity index is 179. The van der Waals surface area contributed by atoms with E-state index in [1.54, 1.807) is 0 Å². The van der Waals surface area contributed by atoms with Crippen molar-refractivity contribution in [1.29, 1.82) is 0 Å². The van der Waals surface area contributed by atoms with Gasteiger partial charge in [0.25, 0.3) is 0 Å². The molecule has 0 fully saturated rings. The van der Waals surface area contributed by atoms with Gasteiger partial charge in [-0.25, -0.2) is 0 Å². The van der Waals surface area contributed by atoms with E-state index in [1.165, 1.54) is 0 Å². The number of hydrogen-bond acceptors (Lipinski definition) is 8. The second-order valence-electron chi connectivity index (χ2n) is 1.26. The van der Waals surface area contributed by atoms with Gasteiger partial charge in [0.05, 0.1) is 15.6 Å². The summed E-state index contributed by atoms with van der Waals surface area (Å²) >= 11 is 0. The minimum atomic E-state index is -4.65. The van der Waals surface area contributed by atoms with Gasteiger partial charge in [0, 0.05) is 14.2 Å². The van der Waals surface area contributed by atoms with Crippen LogP contribution in [-0.4, -0.2) is 52.0 Å². The summed E-state index contributed by atoms with van der Waals surface area (Å²) in [6, 6.07) is 0. The van der Waals surface area contributed by atoms with Crippen LogP contribution >= 0.6 is 15.6 Å². The monoisotopic (exact) mass is 306 g/mol. The molecule has 0 radical (unpaired) electrons. The van der Waals surface area contributed by atoms with E-state index in [-0.39, 0.29) is 96.9 Å². The third-order valence-corrected chi connectivity index (χ3v) is 1.34. The van der Waals surface area contributed by atoms with Crippen LogP contribution in [0, 0.1) is 0 Å². The first-order valence-electron chi connectivity index (χ1n) is 2.28. The van der Waals surface area contributed by atoms with Crippen molar-refractivity contribution in [2.24, 2.45) is 0 Å². The molecule has 0 spiro atoms. The molecule has 13 heteroatoms. The fraction of sp³-hybridized carbons (Fsp3) is 1.00. The van der Waals surface area contributed by atoms with E-state index in [9.17, 15) is 28.7 Å². The zero-order chi connectivity index (χ0) is 10.4. The summed E-state index contributed by atoms with van der Waals surface area (Å²) < 4.78 is 25.3. The molecule has 8 nitrogen and oxygen atoms in total. The van der Waals surface area contributed by atoms with Gasteiger partial charge in [0.15, 0.2) is 0 Å². The van der Waals surface area contributed by atoms with Gasteiger partial charge in [-0.1, -0.05) is 0 Å². The molecule has 0 aliphatic heterocycles. The van der Waals surface area contributed by atoms with Crippen molar-refractivity contribution in [3.8, 4) is 0 Å². The Morgan fingerprint density at radius 3 is 0.867 bits per heavy atom. The van der Waals surface area contributed by atoms with Crippen molar-refractivity contribution in [1.82, 2.24) is 0 Å². The van der Waals surface area contributed by atoms with Crippen LogP contribution in [0.5, 0.6) is 0 Å². The molecule has 0 amide bonds. The van der Waals surface area contributed by atoms with E-state index in [2.05, 4.69) is 9.05 Å². The fourth-order valence-corrected chi connectivity index (χ4v) is 0. The number of phosphoric ester groups is 2. The van der Waals surface area contributed by atoms with Gasteiger partial charge < -0.3 is 37.8 Å². The van der Waals surface area contributed by atoms with Crippen molar-refractivity contribution in [2.45, 2.75) is 0 Å². The molecule has 0 N–H and O–H groups in total. The minimum absolute atomic E-state index is 0. The standard InChI is InChI=1S/2CH5O4P.Ca.2Na/c2*1-5-6(2,3)4;;;/h2*1H3,(H2,2,3,4);;;/q;;+2;2*+1/p-4. The second kappa shape index (κ2) is 15.5. The van der Waals surface area contributed by atoms with Gasteiger partial charge in [-0.2, -0.15) is 0 Å². The molecular formula is C2H6CaNa2O8P2. The van der Waals surface area contributed by atoms with Gasteiger partial charge >= 0.3 is 96.9 Å². The summed E-state index contributed by atoms with van der Waals surface area (Å²) in [4.78, 5) is 37.0. The normalized spacial score (nSPS) is 9.47. The quantitative estimate of drug-likeness (QED) is 0.361. The molecule has 0 aromatic carbocycles. The molecule has 0 atom stereocenters. The average Bonchev–Trinajstić information content (AvgIpc) is 1.86. The number of phosphoric acid groups is 2. The Labute approximate surface area is 162 Å². The molecule has 0 aromatic rings. The SMILES string of the molecule is COP(=O)([O-])[O-].COP(=O)([O-])[O-].[Ca+2].[Na+].[Na+]. The summed E-state index contributed by atoms with van der Waals surface area (Å²) in [6.45, 7) is 0. The van der Waals surface area contributed by atoms with E-state index < -0.39 is 15.6 Å². The third-order valence-electron chi connectivity index (χ3n) is 0.447. The third kappa shape index (κ3) is 46.6. The van der Waals surface area contributed by atoms with Gasteiger partial charge in [0.2, 0.25) is 0 Å². The van der Waals surface area contributed by atoms with Gasteiger partial charge in [-0.3, -0.25) is 0 Å². The largest absolute Gasteiger partial charge is 2.00 e. The maximum atomic E-state index is 9.25. The van der Waals surface area contributed by atoms with Crippen molar-refractivity contribution >= 4 is 53.4 Å². The molecule has 0 saturated heterocycles. The Balaban J connectivity index is -0.0000000370. The Morgan fingerprint density at radius 2 is 0.867 bits per heavy atom. The predicted molar refractivity (Wildman–Crippen MR) is 35.0 cm³/mol. The topological polar surface area (TPSA) is 145 Å². The molecule has 0 aromatic heterocycles. The molecule has 0 saturated carbocycles. The van der Waals surface area contributed by atoms with E-state index in [4.69, 9.17) is 0 Å². The van der Waals surface area contributed by atoms with Gasteiger partial charge in [-0.15, -0.1) is 0 Å². The van der Waals surface area contributed by atoms with Gasteiger partial charge in [-0.05, 0) is 0 Å². The van der Waals surface area contributed by atoms with Crippen LogP contribution in [0.1, 0.15) is 0 Å².